The van der Waals surface area contributed by atoms with Crippen LogP contribution in [0.5, 0.6) is 5.75 Å². The van der Waals surface area contributed by atoms with Crippen LogP contribution in [-0.4, -0.2) is 26.8 Å². The zero-order chi connectivity index (χ0) is 21.1. The summed E-state index contributed by atoms with van der Waals surface area (Å²) in [6.45, 7) is 2.55. The Morgan fingerprint density at radius 3 is 2.90 bits per heavy atom. The molecule has 1 aliphatic heterocycles. The van der Waals surface area contributed by atoms with Gasteiger partial charge in [-0.1, -0.05) is 30.2 Å². The SMILES string of the molecule is C[C@H](Oc1cccc(-c2nnc3n2CCCCC3)c1)C(=O)Nc1ccc(F)c(Cl)c1. The van der Waals surface area contributed by atoms with Gasteiger partial charge in [0, 0.05) is 24.2 Å². The second-order valence-corrected chi connectivity index (χ2v) is 7.72. The summed E-state index contributed by atoms with van der Waals surface area (Å²) in [7, 11) is 0. The molecule has 1 aliphatic rings. The molecule has 2 heterocycles. The summed E-state index contributed by atoms with van der Waals surface area (Å²) in [4.78, 5) is 12.5. The number of nitrogens with zero attached hydrogens (tertiary/aromatic N) is 3. The van der Waals surface area contributed by atoms with Crippen molar-refractivity contribution in [2.75, 3.05) is 5.32 Å². The van der Waals surface area contributed by atoms with Crippen LogP contribution in [0.4, 0.5) is 10.1 Å². The standard InChI is InChI=1S/C22H22ClFN4O2/c1-14(22(29)25-16-9-10-19(24)18(23)13-16)30-17-7-5-6-15(12-17)21-27-26-20-8-3-2-4-11-28(20)21/h5-7,9-10,12-14H,2-4,8,11H2,1H3,(H,25,29)/t14-/m0/s1. The van der Waals surface area contributed by atoms with Crippen molar-refractivity contribution < 1.29 is 13.9 Å². The lowest BCUT2D eigenvalue weighted by Crippen LogP contribution is -2.30. The van der Waals surface area contributed by atoms with Crippen LogP contribution in [0.1, 0.15) is 32.0 Å². The topological polar surface area (TPSA) is 69.0 Å². The normalized spacial score (nSPS) is 14.5. The Labute approximate surface area is 179 Å². The first kappa shape index (κ1) is 20.3. The van der Waals surface area contributed by atoms with E-state index in [9.17, 15) is 9.18 Å². The van der Waals surface area contributed by atoms with Gasteiger partial charge in [-0.15, -0.1) is 10.2 Å². The molecule has 1 amide bonds. The number of aryl methyl sites for hydroxylation is 1. The number of ether oxygens (including phenoxy) is 1. The van der Waals surface area contributed by atoms with Crippen molar-refractivity contribution in [1.29, 1.82) is 0 Å². The monoisotopic (exact) mass is 428 g/mol. The summed E-state index contributed by atoms with van der Waals surface area (Å²) in [6.07, 6.45) is 3.61. The number of hydrogen-bond acceptors (Lipinski definition) is 4. The molecule has 0 aliphatic carbocycles. The first-order valence-electron chi connectivity index (χ1n) is 9.96. The molecule has 3 aromatic rings. The molecule has 1 aromatic heterocycles. The van der Waals surface area contributed by atoms with Gasteiger partial charge in [-0.25, -0.2) is 4.39 Å². The summed E-state index contributed by atoms with van der Waals surface area (Å²) in [6, 6.07) is 11.5. The number of amides is 1. The lowest BCUT2D eigenvalue weighted by molar-refractivity contribution is -0.122. The van der Waals surface area contributed by atoms with Crippen molar-refractivity contribution in [3.05, 3.63) is 59.1 Å². The van der Waals surface area contributed by atoms with Gasteiger partial charge in [-0.2, -0.15) is 0 Å². The van der Waals surface area contributed by atoms with E-state index in [1.807, 2.05) is 18.2 Å². The third-order valence-corrected chi connectivity index (χ3v) is 5.36. The van der Waals surface area contributed by atoms with Crippen LogP contribution in [-0.2, 0) is 17.8 Å². The van der Waals surface area contributed by atoms with Crippen LogP contribution >= 0.6 is 11.6 Å². The Morgan fingerprint density at radius 1 is 1.20 bits per heavy atom. The molecule has 2 aromatic carbocycles. The third-order valence-electron chi connectivity index (χ3n) is 5.07. The van der Waals surface area contributed by atoms with Crippen LogP contribution in [0, 0.1) is 5.82 Å². The quantitative estimate of drug-likeness (QED) is 0.629. The van der Waals surface area contributed by atoms with E-state index in [0.717, 1.165) is 43.0 Å². The molecule has 1 atom stereocenters. The van der Waals surface area contributed by atoms with E-state index in [1.165, 1.54) is 24.6 Å². The van der Waals surface area contributed by atoms with E-state index in [4.69, 9.17) is 16.3 Å². The molecule has 6 nitrogen and oxygen atoms in total. The minimum atomic E-state index is -0.764. The van der Waals surface area contributed by atoms with Gasteiger partial charge >= 0.3 is 0 Å². The van der Waals surface area contributed by atoms with Gasteiger partial charge in [-0.05, 0) is 50.1 Å². The number of hydrogen-bond donors (Lipinski definition) is 1. The molecule has 0 radical (unpaired) electrons. The first-order valence-corrected chi connectivity index (χ1v) is 10.3. The Balaban J connectivity index is 1.47. The van der Waals surface area contributed by atoms with E-state index >= 15 is 0 Å². The largest absolute Gasteiger partial charge is 0.481 e. The zero-order valence-electron chi connectivity index (χ0n) is 16.6. The van der Waals surface area contributed by atoms with Crippen molar-refractivity contribution in [3.63, 3.8) is 0 Å². The number of halogens is 2. The maximum absolute atomic E-state index is 13.3. The first-order chi connectivity index (χ1) is 14.5. The minimum Gasteiger partial charge on any atom is -0.481 e. The van der Waals surface area contributed by atoms with Crippen LogP contribution in [0.25, 0.3) is 11.4 Å². The highest BCUT2D eigenvalue weighted by molar-refractivity contribution is 6.31. The zero-order valence-corrected chi connectivity index (χ0v) is 17.3. The van der Waals surface area contributed by atoms with Gasteiger partial charge in [-0.3, -0.25) is 4.79 Å². The lowest BCUT2D eigenvalue weighted by Gasteiger charge is -2.16. The van der Waals surface area contributed by atoms with E-state index in [2.05, 4.69) is 20.1 Å². The van der Waals surface area contributed by atoms with Gasteiger partial charge in [0.05, 0.1) is 5.02 Å². The van der Waals surface area contributed by atoms with Gasteiger partial charge in [0.2, 0.25) is 0 Å². The molecule has 0 spiro atoms. The molecule has 0 unspecified atom stereocenters. The number of rotatable bonds is 5. The summed E-state index contributed by atoms with van der Waals surface area (Å²) < 4.78 is 21.3. The second kappa shape index (κ2) is 8.83. The van der Waals surface area contributed by atoms with Crippen LogP contribution in [0.15, 0.2) is 42.5 Å². The van der Waals surface area contributed by atoms with E-state index in [0.29, 0.717) is 11.4 Å². The summed E-state index contributed by atoms with van der Waals surface area (Å²) in [5.74, 6) is 1.48. The fourth-order valence-electron chi connectivity index (χ4n) is 3.48. The Hall–Kier alpha value is -2.93. The van der Waals surface area contributed by atoms with E-state index in [1.54, 1.807) is 13.0 Å². The molecule has 0 saturated heterocycles. The predicted molar refractivity (Wildman–Crippen MR) is 113 cm³/mol. The number of nitrogens with one attached hydrogen (secondary N) is 1. The van der Waals surface area contributed by atoms with E-state index < -0.39 is 11.9 Å². The summed E-state index contributed by atoms with van der Waals surface area (Å²) in [5, 5.41) is 11.3. The Bertz CT molecular complexity index is 1070. The van der Waals surface area contributed by atoms with Crippen molar-refractivity contribution in [2.45, 2.75) is 45.3 Å². The average molecular weight is 429 g/mol. The number of anilines is 1. The van der Waals surface area contributed by atoms with Crippen molar-refractivity contribution in [2.24, 2.45) is 0 Å². The second-order valence-electron chi connectivity index (χ2n) is 7.31. The Kier molecular flexibility index (Phi) is 5.99. The molecule has 8 heteroatoms. The highest BCUT2D eigenvalue weighted by Crippen LogP contribution is 2.26. The van der Waals surface area contributed by atoms with Gasteiger partial charge in [0.25, 0.3) is 5.91 Å². The third kappa shape index (κ3) is 4.46. The van der Waals surface area contributed by atoms with Gasteiger partial charge in [0.15, 0.2) is 11.9 Å². The molecule has 0 bridgehead atoms. The minimum absolute atomic E-state index is 0.0542. The molecule has 0 saturated carbocycles. The molecular formula is C22H22ClFN4O2. The Morgan fingerprint density at radius 2 is 2.07 bits per heavy atom. The number of carbonyl (C=O) groups excluding carboxylic acids is 1. The highest BCUT2D eigenvalue weighted by Gasteiger charge is 2.18. The van der Waals surface area contributed by atoms with Crippen LogP contribution < -0.4 is 10.1 Å². The lowest BCUT2D eigenvalue weighted by atomic mass is 10.2. The summed E-state index contributed by atoms with van der Waals surface area (Å²) in [5.41, 5.74) is 1.30. The number of carbonyl (C=O) groups is 1. The predicted octanol–water partition coefficient (Wildman–Crippen LogP) is 4.87. The van der Waals surface area contributed by atoms with Crippen LogP contribution in [0.3, 0.4) is 0 Å². The van der Waals surface area contributed by atoms with Crippen molar-refractivity contribution in [3.8, 4) is 17.1 Å². The molecule has 4 rings (SSSR count). The number of benzene rings is 2. The maximum Gasteiger partial charge on any atom is 0.265 e. The molecule has 156 valence electrons. The summed E-state index contributed by atoms with van der Waals surface area (Å²) >= 11 is 5.76. The fourth-order valence-corrected chi connectivity index (χ4v) is 3.66. The number of aromatic nitrogens is 3. The molecule has 30 heavy (non-hydrogen) atoms. The molecular weight excluding hydrogens is 407 g/mol. The highest BCUT2D eigenvalue weighted by atomic mass is 35.5. The molecule has 1 N–H and O–H groups in total. The number of fused-ring (bicyclic) bond motifs is 1. The smallest absolute Gasteiger partial charge is 0.265 e. The van der Waals surface area contributed by atoms with Crippen molar-refractivity contribution in [1.82, 2.24) is 14.8 Å². The van der Waals surface area contributed by atoms with Crippen molar-refractivity contribution >= 4 is 23.2 Å². The van der Waals surface area contributed by atoms with Crippen LogP contribution in [0.2, 0.25) is 5.02 Å². The van der Waals surface area contributed by atoms with Gasteiger partial charge in [0.1, 0.15) is 17.4 Å². The molecule has 0 fully saturated rings. The van der Waals surface area contributed by atoms with E-state index in [-0.39, 0.29) is 10.9 Å². The van der Waals surface area contributed by atoms with Gasteiger partial charge < -0.3 is 14.6 Å². The average Bonchev–Trinajstić information content (AvgIpc) is 2.99. The maximum atomic E-state index is 13.3. The fraction of sp³-hybridized carbons (Fsp3) is 0.318.